The molecule has 14 heavy (non-hydrogen) atoms. The van der Waals surface area contributed by atoms with Gasteiger partial charge in [-0.15, -0.1) is 0 Å². The number of rotatable bonds is 2. The first kappa shape index (κ1) is 11.0. The fourth-order valence-electron chi connectivity index (χ4n) is 1.11. The van der Waals surface area contributed by atoms with Crippen LogP contribution in [-0.4, -0.2) is 18.2 Å². The molecular formula is C10H11BrO3. The summed E-state index contributed by atoms with van der Waals surface area (Å²) in [6, 6.07) is 4.94. The third-order valence-electron chi connectivity index (χ3n) is 2.03. The van der Waals surface area contributed by atoms with Crippen LogP contribution in [0.25, 0.3) is 0 Å². The van der Waals surface area contributed by atoms with Gasteiger partial charge in [0.1, 0.15) is 5.75 Å². The summed E-state index contributed by atoms with van der Waals surface area (Å²) in [5.74, 6) is -0.453. The molecule has 1 N–H and O–H groups in total. The summed E-state index contributed by atoms with van der Waals surface area (Å²) >= 11 is 3.18. The quantitative estimate of drug-likeness (QED) is 0.829. The van der Waals surface area contributed by atoms with Crippen LogP contribution in [0.5, 0.6) is 5.75 Å². The van der Waals surface area contributed by atoms with Gasteiger partial charge in [0.05, 0.1) is 17.5 Å². The Hall–Kier alpha value is -1.03. The van der Waals surface area contributed by atoms with E-state index >= 15 is 0 Å². The topological polar surface area (TPSA) is 46.5 Å². The third kappa shape index (κ3) is 2.26. The molecule has 0 aromatic heterocycles. The van der Waals surface area contributed by atoms with Crippen molar-refractivity contribution in [1.82, 2.24) is 0 Å². The molecule has 1 rings (SSSR count). The first-order valence-electron chi connectivity index (χ1n) is 4.12. The Labute approximate surface area is 90.8 Å². The van der Waals surface area contributed by atoms with Crippen molar-refractivity contribution < 1.29 is 14.6 Å². The minimum Gasteiger partial charge on any atom is -0.507 e. The van der Waals surface area contributed by atoms with Crippen LogP contribution in [0.4, 0.5) is 0 Å². The molecule has 0 radical (unpaired) electrons. The molecule has 0 amide bonds. The molecule has 76 valence electrons. The zero-order valence-electron chi connectivity index (χ0n) is 7.95. The molecule has 4 heteroatoms. The van der Waals surface area contributed by atoms with Gasteiger partial charge in [0.25, 0.3) is 0 Å². The monoisotopic (exact) mass is 258 g/mol. The SMILES string of the molecule is COC(=O)C(C)c1ccc(O)c(Br)c1. The molecule has 1 aromatic carbocycles. The number of methoxy groups -OCH3 is 1. The highest BCUT2D eigenvalue weighted by molar-refractivity contribution is 9.10. The average molecular weight is 259 g/mol. The number of aromatic hydroxyl groups is 1. The highest BCUT2D eigenvalue weighted by Gasteiger charge is 2.16. The van der Waals surface area contributed by atoms with Crippen LogP contribution in [0.1, 0.15) is 18.4 Å². The molecule has 0 saturated heterocycles. The fourth-order valence-corrected chi connectivity index (χ4v) is 1.50. The van der Waals surface area contributed by atoms with Gasteiger partial charge in [0.15, 0.2) is 0 Å². The third-order valence-corrected chi connectivity index (χ3v) is 2.66. The Morgan fingerprint density at radius 3 is 2.71 bits per heavy atom. The molecular weight excluding hydrogens is 248 g/mol. The van der Waals surface area contributed by atoms with Gasteiger partial charge in [-0.1, -0.05) is 6.07 Å². The van der Waals surface area contributed by atoms with E-state index in [0.29, 0.717) is 4.47 Å². The number of hydrogen-bond donors (Lipinski definition) is 1. The van der Waals surface area contributed by atoms with Crippen molar-refractivity contribution in [3.05, 3.63) is 28.2 Å². The van der Waals surface area contributed by atoms with E-state index in [1.807, 2.05) is 0 Å². The molecule has 0 aliphatic heterocycles. The van der Waals surface area contributed by atoms with Crippen molar-refractivity contribution in [3.63, 3.8) is 0 Å². The second kappa shape index (κ2) is 4.46. The van der Waals surface area contributed by atoms with Crippen molar-refractivity contribution in [1.29, 1.82) is 0 Å². The summed E-state index contributed by atoms with van der Waals surface area (Å²) in [7, 11) is 1.36. The maximum Gasteiger partial charge on any atom is 0.312 e. The summed E-state index contributed by atoms with van der Waals surface area (Å²) in [5.41, 5.74) is 0.807. The summed E-state index contributed by atoms with van der Waals surface area (Å²) in [5, 5.41) is 9.26. The lowest BCUT2D eigenvalue weighted by Crippen LogP contribution is -2.10. The second-order valence-corrected chi connectivity index (χ2v) is 3.81. The van der Waals surface area contributed by atoms with Gasteiger partial charge in [0, 0.05) is 0 Å². The van der Waals surface area contributed by atoms with Crippen molar-refractivity contribution in [2.24, 2.45) is 0 Å². The lowest BCUT2D eigenvalue weighted by Gasteiger charge is -2.09. The number of esters is 1. The van der Waals surface area contributed by atoms with E-state index in [0.717, 1.165) is 5.56 Å². The minimum atomic E-state index is -0.322. The number of phenols is 1. The fraction of sp³-hybridized carbons (Fsp3) is 0.300. The number of benzene rings is 1. The van der Waals surface area contributed by atoms with E-state index in [4.69, 9.17) is 0 Å². The number of halogens is 1. The predicted octanol–water partition coefficient (Wildman–Crippen LogP) is 2.43. The van der Waals surface area contributed by atoms with Gasteiger partial charge in [0.2, 0.25) is 0 Å². The average Bonchev–Trinajstić information content (AvgIpc) is 2.20. The highest BCUT2D eigenvalue weighted by atomic mass is 79.9. The second-order valence-electron chi connectivity index (χ2n) is 2.96. The molecule has 0 fully saturated rings. The van der Waals surface area contributed by atoms with Gasteiger partial charge < -0.3 is 9.84 Å². The molecule has 0 saturated carbocycles. The van der Waals surface area contributed by atoms with Crippen LogP contribution in [0.3, 0.4) is 0 Å². The van der Waals surface area contributed by atoms with Crippen LogP contribution < -0.4 is 0 Å². The maximum atomic E-state index is 11.2. The van der Waals surface area contributed by atoms with Gasteiger partial charge in [-0.25, -0.2) is 0 Å². The Morgan fingerprint density at radius 2 is 2.21 bits per heavy atom. The number of ether oxygens (including phenoxy) is 1. The van der Waals surface area contributed by atoms with Crippen LogP contribution in [0.2, 0.25) is 0 Å². The minimum absolute atomic E-state index is 0.158. The van der Waals surface area contributed by atoms with Crippen molar-refractivity contribution in [3.8, 4) is 5.75 Å². The van der Waals surface area contributed by atoms with Gasteiger partial charge in [-0.2, -0.15) is 0 Å². The summed E-state index contributed by atoms with van der Waals surface area (Å²) in [6.45, 7) is 1.75. The van der Waals surface area contributed by atoms with E-state index in [1.165, 1.54) is 7.11 Å². The molecule has 0 aliphatic carbocycles. The normalized spacial score (nSPS) is 12.2. The van der Waals surface area contributed by atoms with E-state index < -0.39 is 0 Å². The van der Waals surface area contributed by atoms with Crippen LogP contribution in [0.15, 0.2) is 22.7 Å². The summed E-state index contributed by atoms with van der Waals surface area (Å²) in [6.07, 6.45) is 0. The molecule has 1 aromatic rings. The highest BCUT2D eigenvalue weighted by Crippen LogP contribution is 2.28. The molecule has 3 nitrogen and oxygen atoms in total. The first-order valence-corrected chi connectivity index (χ1v) is 4.91. The standard InChI is InChI=1S/C10H11BrO3/c1-6(10(13)14-2)7-3-4-9(12)8(11)5-7/h3-6,12H,1-2H3. The van der Waals surface area contributed by atoms with Crippen LogP contribution in [-0.2, 0) is 9.53 Å². The maximum absolute atomic E-state index is 11.2. The van der Waals surface area contributed by atoms with Crippen molar-refractivity contribution in [2.75, 3.05) is 7.11 Å². The first-order chi connectivity index (χ1) is 6.56. The van der Waals surface area contributed by atoms with Crippen LogP contribution in [0, 0.1) is 0 Å². The largest absolute Gasteiger partial charge is 0.507 e. The Morgan fingerprint density at radius 1 is 1.57 bits per heavy atom. The van der Waals surface area contributed by atoms with Crippen LogP contribution >= 0.6 is 15.9 Å². The molecule has 0 bridgehead atoms. The lowest BCUT2D eigenvalue weighted by molar-refractivity contribution is -0.141. The Bertz CT molecular complexity index is 349. The zero-order valence-corrected chi connectivity index (χ0v) is 9.54. The van der Waals surface area contributed by atoms with Crippen molar-refractivity contribution >= 4 is 21.9 Å². The van der Waals surface area contributed by atoms with Gasteiger partial charge >= 0.3 is 5.97 Å². The zero-order chi connectivity index (χ0) is 10.7. The Kier molecular flexibility index (Phi) is 3.52. The summed E-state index contributed by atoms with van der Waals surface area (Å²) in [4.78, 5) is 11.2. The Balaban J connectivity index is 2.96. The van der Waals surface area contributed by atoms with E-state index in [1.54, 1.807) is 25.1 Å². The summed E-state index contributed by atoms with van der Waals surface area (Å²) < 4.78 is 5.19. The number of carbonyl (C=O) groups excluding carboxylic acids is 1. The molecule has 0 spiro atoms. The number of carbonyl (C=O) groups is 1. The molecule has 0 heterocycles. The molecule has 0 aliphatic rings. The van der Waals surface area contributed by atoms with E-state index in [9.17, 15) is 9.90 Å². The number of phenolic OH excluding ortho intramolecular Hbond substituents is 1. The molecule has 1 atom stereocenters. The smallest absolute Gasteiger partial charge is 0.312 e. The van der Waals surface area contributed by atoms with E-state index in [-0.39, 0.29) is 17.6 Å². The van der Waals surface area contributed by atoms with Gasteiger partial charge in [-0.05, 0) is 40.5 Å². The lowest BCUT2D eigenvalue weighted by atomic mass is 10.0. The van der Waals surface area contributed by atoms with E-state index in [2.05, 4.69) is 20.7 Å². The molecule has 1 unspecified atom stereocenters. The van der Waals surface area contributed by atoms with Gasteiger partial charge in [-0.3, -0.25) is 4.79 Å². The predicted molar refractivity (Wildman–Crippen MR) is 56.2 cm³/mol. The van der Waals surface area contributed by atoms with Crippen molar-refractivity contribution in [2.45, 2.75) is 12.8 Å². The number of hydrogen-bond acceptors (Lipinski definition) is 3.